The van der Waals surface area contributed by atoms with Gasteiger partial charge in [-0.05, 0) is 30.0 Å². The number of aliphatic hydroxyl groups is 1. The lowest BCUT2D eigenvalue weighted by Gasteiger charge is -2.23. The topological polar surface area (TPSA) is 66.4 Å². The van der Waals surface area contributed by atoms with E-state index in [2.05, 4.69) is 4.72 Å². The van der Waals surface area contributed by atoms with Gasteiger partial charge in [-0.15, -0.1) is 0 Å². The first-order valence-electron chi connectivity index (χ1n) is 5.73. The van der Waals surface area contributed by atoms with Crippen LogP contribution in [-0.4, -0.2) is 26.7 Å². The summed E-state index contributed by atoms with van der Waals surface area (Å²) in [6, 6.07) is 3.17. The second kappa shape index (κ2) is 6.17. The smallest absolute Gasteiger partial charge is 0.242 e. The summed E-state index contributed by atoms with van der Waals surface area (Å²) in [5.41, 5.74) is -0.401. The molecule has 0 aliphatic rings. The molecule has 0 saturated carbocycles. The van der Waals surface area contributed by atoms with E-state index in [0.29, 0.717) is 6.42 Å². The zero-order valence-electron chi connectivity index (χ0n) is 10.8. The predicted molar refractivity (Wildman–Crippen MR) is 72.1 cm³/mol. The van der Waals surface area contributed by atoms with Crippen molar-refractivity contribution in [3.8, 4) is 0 Å². The number of halogens is 2. The normalized spacial score (nSPS) is 12.7. The van der Waals surface area contributed by atoms with Crippen molar-refractivity contribution in [3.63, 3.8) is 0 Å². The van der Waals surface area contributed by atoms with Crippen LogP contribution in [0.25, 0.3) is 0 Å². The van der Waals surface area contributed by atoms with Gasteiger partial charge in [0.2, 0.25) is 10.0 Å². The van der Waals surface area contributed by atoms with Crippen molar-refractivity contribution in [2.45, 2.75) is 25.2 Å². The Morgan fingerprint density at radius 3 is 2.63 bits per heavy atom. The molecule has 0 spiro atoms. The summed E-state index contributed by atoms with van der Waals surface area (Å²) < 4.78 is 39.5. The Hall–Kier alpha value is -0.690. The van der Waals surface area contributed by atoms with Crippen LogP contribution in [0.5, 0.6) is 0 Å². The van der Waals surface area contributed by atoms with E-state index < -0.39 is 21.3 Å². The van der Waals surface area contributed by atoms with E-state index >= 15 is 0 Å². The van der Waals surface area contributed by atoms with E-state index in [9.17, 15) is 12.8 Å². The van der Waals surface area contributed by atoms with Crippen LogP contribution in [0.2, 0.25) is 5.02 Å². The molecule has 0 saturated heterocycles. The third-order valence-electron chi connectivity index (χ3n) is 2.71. The van der Waals surface area contributed by atoms with Gasteiger partial charge >= 0.3 is 0 Å². The third-order valence-corrected chi connectivity index (χ3v) is 4.59. The Morgan fingerprint density at radius 2 is 2.05 bits per heavy atom. The minimum Gasteiger partial charge on any atom is -0.396 e. The second-order valence-electron chi connectivity index (χ2n) is 5.04. The summed E-state index contributed by atoms with van der Waals surface area (Å²) in [6.07, 6.45) is 0.451. The van der Waals surface area contributed by atoms with Crippen LogP contribution < -0.4 is 4.72 Å². The van der Waals surface area contributed by atoms with Gasteiger partial charge in [0.25, 0.3) is 0 Å². The van der Waals surface area contributed by atoms with Crippen molar-refractivity contribution < 1.29 is 17.9 Å². The van der Waals surface area contributed by atoms with Crippen LogP contribution in [-0.2, 0) is 10.0 Å². The van der Waals surface area contributed by atoms with Crippen molar-refractivity contribution >= 4 is 21.6 Å². The van der Waals surface area contributed by atoms with Gasteiger partial charge in [-0.25, -0.2) is 17.5 Å². The van der Waals surface area contributed by atoms with Gasteiger partial charge in [-0.1, -0.05) is 25.4 Å². The summed E-state index contributed by atoms with van der Waals surface area (Å²) in [6.45, 7) is 3.73. The molecule has 108 valence electrons. The molecule has 4 nitrogen and oxygen atoms in total. The average Bonchev–Trinajstić information content (AvgIpc) is 2.30. The molecule has 0 radical (unpaired) electrons. The first-order valence-corrected chi connectivity index (χ1v) is 7.60. The van der Waals surface area contributed by atoms with E-state index in [4.69, 9.17) is 16.7 Å². The van der Waals surface area contributed by atoms with Gasteiger partial charge in [-0.2, -0.15) is 0 Å². The van der Waals surface area contributed by atoms with Crippen molar-refractivity contribution in [1.82, 2.24) is 4.72 Å². The number of aliphatic hydroxyl groups excluding tert-OH is 1. The molecular weight excluding hydrogens is 293 g/mol. The highest BCUT2D eigenvalue weighted by atomic mass is 35.5. The number of benzene rings is 1. The molecular formula is C12H17ClFNO3S. The molecule has 0 atom stereocenters. The number of sulfonamides is 1. The van der Waals surface area contributed by atoms with Crippen LogP contribution >= 0.6 is 11.6 Å². The number of hydrogen-bond acceptors (Lipinski definition) is 3. The SMILES string of the molecule is CC(C)(CCO)CNS(=O)(=O)c1cc(F)ccc1Cl. The van der Waals surface area contributed by atoms with Crippen LogP contribution in [0.4, 0.5) is 4.39 Å². The summed E-state index contributed by atoms with van der Waals surface area (Å²) in [4.78, 5) is -0.283. The maximum atomic E-state index is 13.1. The van der Waals surface area contributed by atoms with Crippen LogP contribution in [0.3, 0.4) is 0 Å². The number of rotatable bonds is 6. The Bertz CT molecular complexity index is 546. The summed E-state index contributed by atoms with van der Waals surface area (Å²) in [5.74, 6) is -0.667. The molecule has 0 aliphatic carbocycles. The van der Waals surface area contributed by atoms with Crippen LogP contribution in [0.15, 0.2) is 23.1 Å². The highest BCUT2D eigenvalue weighted by Crippen LogP contribution is 2.24. The van der Waals surface area contributed by atoms with Gasteiger partial charge in [0.1, 0.15) is 10.7 Å². The van der Waals surface area contributed by atoms with Gasteiger partial charge in [0.15, 0.2) is 0 Å². The average molecular weight is 310 g/mol. The fourth-order valence-electron chi connectivity index (χ4n) is 1.44. The Labute approximate surface area is 117 Å². The summed E-state index contributed by atoms with van der Waals surface area (Å²) >= 11 is 5.77. The quantitative estimate of drug-likeness (QED) is 0.846. The Kier molecular flexibility index (Phi) is 5.32. The third kappa shape index (κ3) is 4.72. The van der Waals surface area contributed by atoms with Crippen molar-refractivity contribution in [2.75, 3.05) is 13.2 Å². The second-order valence-corrected chi connectivity index (χ2v) is 7.18. The molecule has 0 bridgehead atoms. The molecule has 7 heteroatoms. The fourth-order valence-corrected chi connectivity index (χ4v) is 3.19. The number of hydrogen-bond donors (Lipinski definition) is 2. The lowest BCUT2D eigenvalue weighted by molar-refractivity contribution is 0.213. The largest absolute Gasteiger partial charge is 0.396 e. The minimum absolute atomic E-state index is 0.0323. The minimum atomic E-state index is -3.87. The highest BCUT2D eigenvalue weighted by Gasteiger charge is 2.23. The van der Waals surface area contributed by atoms with Crippen LogP contribution in [0.1, 0.15) is 20.3 Å². The van der Waals surface area contributed by atoms with E-state index in [1.165, 1.54) is 6.07 Å². The van der Waals surface area contributed by atoms with Gasteiger partial charge < -0.3 is 5.11 Å². The zero-order chi connectivity index (χ0) is 14.7. The summed E-state index contributed by atoms with van der Waals surface area (Å²) in [7, 11) is -3.87. The molecule has 2 N–H and O–H groups in total. The maximum absolute atomic E-state index is 13.1. The summed E-state index contributed by atoms with van der Waals surface area (Å²) in [5, 5.41) is 8.85. The Balaban J connectivity index is 2.90. The van der Waals surface area contributed by atoms with Crippen molar-refractivity contribution in [1.29, 1.82) is 0 Å². The molecule has 0 amide bonds. The fraction of sp³-hybridized carbons (Fsp3) is 0.500. The number of nitrogens with one attached hydrogen (secondary N) is 1. The molecule has 1 aromatic rings. The van der Waals surface area contributed by atoms with Gasteiger partial charge in [0, 0.05) is 13.2 Å². The van der Waals surface area contributed by atoms with E-state index in [1.54, 1.807) is 0 Å². The standard InChI is InChI=1S/C12H17ClFNO3S/c1-12(2,5-6-16)8-15-19(17,18)11-7-9(14)3-4-10(11)13/h3-4,7,15-16H,5-6,8H2,1-2H3. The maximum Gasteiger partial charge on any atom is 0.242 e. The lowest BCUT2D eigenvalue weighted by atomic mass is 9.90. The molecule has 0 unspecified atom stereocenters. The van der Waals surface area contributed by atoms with E-state index in [-0.39, 0.29) is 23.1 Å². The van der Waals surface area contributed by atoms with Crippen molar-refractivity contribution in [2.24, 2.45) is 5.41 Å². The molecule has 0 aromatic heterocycles. The highest BCUT2D eigenvalue weighted by molar-refractivity contribution is 7.89. The zero-order valence-corrected chi connectivity index (χ0v) is 12.4. The Morgan fingerprint density at radius 1 is 1.42 bits per heavy atom. The molecule has 19 heavy (non-hydrogen) atoms. The van der Waals surface area contributed by atoms with E-state index in [0.717, 1.165) is 12.1 Å². The monoisotopic (exact) mass is 309 g/mol. The van der Waals surface area contributed by atoms with Crippen LogP contribution in [0, 0.1) is 11.2 Å². The molecule has 0 fully saturated rings. The van der Waals surface area contributed by atoms with Gasteiger partial charge in [-0.3, -0.25) is 0 Å². The molecule has 1 rings (SSSR count). The van der Waals surface area contributed by atoms with Gasteiger partial charge in [0.05, 0.1) is 5.02 Å². The first-order chi connectivity index (χ1) is 8.68. The van der Waals surface area contributed by atoms with E-state index in [1.807, 2.05) is 13.8 Å². The first kappa shape index (κ1) is 16.4. The van der Waals surface area contributed by atoms with Crippen molar-refractivity contribution in [3.05, 3.63) is 29.0 Å². The predicted octanol–water partition coefficient (Wildman–Crippen LogP) is 2.17. The molecule has 0 heterocycles. The lowest BCUT2D eigenvalue weighted by Crippen LogP contribution is -2.34. The molecule has 0 aliphatic heterocycles. The molecule has 1 aromatic carbocycles.